The number of hydrogen-bond acceptors (Lipinski definition) is 4. The van der Waals surface area contributed by atoms with Crippen LogP contribution >= 0.6 is 11.8 Å². The van der Waals surface area contributed by atoms with Crippen molar-refractivity contribution in [3.63, 3.8) is 0 Å². The van der Waals surface area contributed by atoms with Crippen LogP contribution in [0.5, 0.6) is 0 Å². The SMILES string of the molecule is CC(=O)c1ccc(SCC(=O)N2CCN(C(C)=O)CC2)c(F)c1. The van der Waals surface area contributed by atoms with Crippen LogP contribution < -0.4 is 0 Å². The summed E-state index contributed by atoms with van der Waals surface area (Å²) in [6.07, 6.45) is 0. The van der Waals surface area contributed by atoms with Crippen molar-refractivity contribution in [1.82, 2.24) is 9.80 Å². The van der Waals surface area contributed by atoms with Crippen molar-refractivity contribution in [2.45, 2.75) is 18.7 Å². The zero-order valence-electron chi connectivity index (χ0n) is 13.2. The largest absolute Gasteiger partial charge is 0.339 e. The Kier molecular flexibility index (Phi) is 5.76. The molecule has 1 aromatic carbocycles. The molecule has 2 rings (SSSR count). The molecule has 7 heteroatoms. The summed E-state index contributed by atoms with van der Waals surface area (Å²) in [4.78, 5) is 38.4. The van der Waals surface area contributed by atoms with Crippen LogP contribution in [0.3, 0.4) is 0 Å². The Labute approximate surface area is 138 Å². The molecule has 1 fully saturated rings. The van der Waals surface area contributed by atoms with Crippen molar-refractivity contribution in [1.29, 1.82) is 0 Å². The van der Waals surface area contributed by atoms with Gasteiger partial charge in [0.2, 0.25) is 11.8 Å². The fourth-order valence-corrected chi connectivity index (χ4v) is 3.16. The third-order valence-electron chi connectivity index (χ3n) is 3.77. The molecule has 0 unspecified atom stereocenters. The van der Waals surface area contributed by atoms with Crippen LogP contribution in [0.1, 0.15) is 24.2 Å². The molecule has 5 nitrogen and oxygen atoms in total. The molecule has 0 aromatic heterocycles. The lowest BCUT2D eigenvalue weighted by atomic mass is 10.1. The smallest absolute Gasteiger partial charge is 0.233 e. The van der Waals surface area contributed by atoms with E-state index in [0.717, 1.165) is 11.8 Å². The normalized spacial score (nSPS) is 14.7. The molecule has 1 aliphatic rings. The van der Waals surface area contributed by atoms with Gasteiger partial charge in [-0.25, -0.2) is 4.39 Å². The molecule has 1 aromatic rings. The minimum absolute atomic E-state index is 0.0131. The molecule has 23 heavy (non-hydrogen) atoms. The number of ketones is 1. The highest BCUT2D eigenvalue weighted by atomic mass is 32.2. The molecular weight excluding hydrogens is 319 g/mol. The van der Waals surface area contributed by atoms with E-state index in [1.807, 2.05) is 0 Å². The van der Waals surface area contributed by atoms with E-state index in [1.165, 1.54) is 26.0 Å². The molecule has 2 amide bonds. The molecule has 0 spiro atoms. The molecular formula is C16H19FN2O3S. The summed E-state index contributed by atoms with van der Waals surface area (Å²) in [5.74, 6) is -0.611. The zero-order valence-corrected chi connectivity index (χ0v) is 14.0. The van der Waals surface area contributed by atoms with E-state index in [1.54, 1.807) is 15.9 Å². The number of thioether (sulfide) groups is 1. The Bertz CT molecular complexity index is 628. The van der Waals surface area contributed by atoms with E-state index < -0.39 is 5.82 Å². The Morgan fingerprint density at radius 1 is 1.09 bits per heavy atom. The maximum atomic E-state index is 13.9. The maximum Gasteiger partial charge on any atom is 0.233 e. The first-order chi connectivity index (χ1) is 10.9. The van der Waals surface area contributed by atoms with Crippen LogP contribution in [0.2, 0.25) is 0 Å². The minimum atomic E-state index is -0.489. The highest BCUT2D eigenvalue weighted by molar-refractivity contribution is 8.00. The van der Waals surface area contributed by atoms with Gasteiger partial charge in [0.1, 0.15) is 5.82 Å². The molecule has 0 saturated carbocycles. The van der Waals surface area contributed by atoms with Gasteiger partial charge in [0.05, 0.1) is 5.75 Å². The van der Waals surface area contributed by atoms with Gasteiger partial charge in [-0.1, -0.05) is 6.07 Å². The van der Waals surface area contributed by atoms with E-state index in [-0.39, 0.29) is 23.4 Å². The summed E-state index contributed by atoms with van der Waals surface area (Å²) >= 11 is 1.12. The zero-order chi connectivity index (χ0) is 17.0. The van der Waals surface area contributed by atoms with E-state index >= 15 is 0 Å². The second-order valence-electron chi connectivity index (χ2n) is 5.38. The predicted molar refractivity (Wildman–Crippen MR) is 86.0 cm³/mol. The van der Waals surface area contributed by atoms with E-state index in [2.05, 4.69) is 0 Å². The average Bonchev–Trinajstić information content (AvgIpc) is 2.53. The second-order valence-corrected chi connectivity index (χ2v) is 6.39. The van der Waals surface area contributed by atoms with Gasteiger partial charge in [-0.05, 0) is 19.1 Å². The fourth-order valence-electron chi connectivity index (χ4n) is 2.34. The first kappa shape index (κ1) is 17.5. The van der Waals surface area contributed by atoms with Crippen LogP contribution in [-0.4, -0.2) is 59.3 Å². The molecule has 1 heterocycles. The van der Waals surface area contributed by atoms with E-state index in [0.29, 0.717) is 36.6 Å². The lowest BCUT2D eigenvalue weighted by Crippen LogP contribution is -2.50. The number of hydrogen-bond donors (Lipinski definition) is 0. The van der Waals surface area contributed by atoms with Crippen molar-refractivity contribution in [2.75, 3.05) is 31.9 Å². The van der Waals surface area contributed by atoms with Crippen LogP contribution in [0.25, 0.3) is 0 Å². The number of halogens is 1. The average molecular weight is 338 g/mol. The molecule has 124 valence electrons. The molecule has 0 N–H and O–H groups in total. The Morgan fingerprint density at radius 2 is 1.70 bits per heavy atom. The standard InChI is InChI=1S/C16H19FN2O3S/c1-11(20)13-3-4-15(14(17)9-13)23-10-16(22)19-7-5-18(6-8-19)12(2)21/h3-4,9H,5-8,10H2,1-2H3. The van der Waals surface area contributed by atoms with E-state index in [9.17, 15) is 18.8 Å². The fraction of sp³-hybridized carbons (Fsp3) is 0.438. The topological polar surface area (TPSA) is 57.7 Å². The quantitative estimate of drug-likeness (QED) is 0.621. The van der Waals surface area contributed by atoms with Gasteiger partial charge < -0.3 is 9.80 Å². The van der Waals surface area contributed by atoms with Crippen molar-refractivity contribution in [2.24, 2.45) is 0 Å². The molecule has 0 atom stereocenters. The summed E-state index contributed by atoms with van der Waals surface area (Å²) < 4.78 is 13.9. The summed E-state index contributed by atoms with van der Waals surface area (Å²) in [5.41, 5.74) is 0.318. The number of nitrogens with zero attached hydrogens (tertiary/aromatic N) is 2. The lowest BCUT2D eigenvalue weighted by molar-refractivity contribution is -0.136. The van der Waals surface area contributed by atoms with Crippen LogP contribution in [0.4, 0.5) is 4.39 Å². The maximum absolute atomic E-state index is 13.9. The number of amides is 2. The summed E-state index contributed by atoms with van der Waals surface area (Å²) in [6, 6.07) is 4.28. The highest BCUT2D eigenvalue weighted by Crippen LogP contribution is 2.23. The van der Waals surface area contributed by atoms with E-state index in [4.69, 9.17) is 0 Å². The van der Waals surface area contributed by atoms with Gasteiger partial charge in [-0.3, -0.25) is 14.4 Å². The molecule has 1 saturated heterocycles. The van der Waals surface area contributed by atoms with Crippen molar-refractivity contribution in [3.05, 3.63) is 29.6 Å². The minimum Gasteiger partial charge on any atom is -0.339 e. The van der Waals surface area contributed by atoms with Gasteiger partial charge in [-0.2, -0.15) is 0 Å². The second kappa shape index (κ2) is 7.59. The lowest BCUT2D eigenvalue weighted by Gasteiger charge is -2.34. The predicted octanol–water partition coefficient (Wildman–Crippen LogP) is 1.81. The third-order valence-corrected chi connectivity index (χ3v) is 4.80. The van der Waals surface area contributed by atoms with Crippen LogP contribution in [-0.2, 0) is 9.59 Å². The van der Waals surface area contributed by atoms with Gasteiger partial charge >= 0.3 is 0 Å². The number of Topliss-reactive ketones (excluding diaryl/α,β-unsaturated/α-hetero) is 1. The molecule has 0 aliphatic carbocycles. The third kappa shape index (κ3) is 4.54. The van der Waals surface area contributed by atoms with Gasteiger partial charge in [0, 0.05) is 43.6 Å². The number of piperazine rings is 1. The Morgan fingerprint density at radius 3 is 2.22 bits per heavy atom. The van der Waals surface area contributed by atoms with Gasteiger partial charge in [0.25, 0.3) is 0 Å². The Balaban J connectivity index is 1.88. The molecule has 0 radical (unpaired) electrons. The summed E-state index contributed by atoms with van der Waals surface area (Å²) in [5, 5.41) is 0. The molecule has 0 bridgehead atoms. The number of benzene rings is 1. The first-order valence-electron chi connectivity index (χ1n) is 7.35. The number of carbonyl (C=O) groups is 3. The Hall–Kier alpha value is -1.89. The monoisotopic (exact) mass is 338 g/mol. The first-order valence-corrected chi connectivity index (χ1v) is 8.33. The van der Waals surface area contributed by atoms with Gasteiger partial charge in [0.15, 0.2) is 5.78 Å². The van der Waals surface area contributed by atoms with Gasteiger partial charge in [-0.15, -0.1) is 11.8 Å². The van der Waals surface area contributed by atoms with Crippen LogP contribution in [0, 0.1) is 5.82 Å². The van der Waals surface area contributed by atoms with Crippen molar-refractivity contribution in [3.8, 4) is 0 Å². The van der Waals surface area contributed by atoms with Crippen LogP contribution in [0.15, 0.2) is 23.1 Å². The number of rotatable bonds is 4. The number of carbonyl (C=O) groups excluding carboxylic acids is 3. The summed E-state index contributed by atoms with van der Waals surface area (Å²) in [7, 11) is 0. The molecule has 1 aliphatic heterocycles. The van der Waals surface area contributed by atoms with Crippen molar-refractivity contribution >= 4 is 29.4 Å². The summed E-state index contributed by atoms with van der Waals surface area (Å²) in [6.45, 7) is 4.98. The highest BCUT2D eigenvalue weighted by Gasteiger charge is 2.22. The van der Waals surface area contributed by atoms with Crippen molar-refractivity contribution < 1.29 is 18.8 Å².